The van der Waals surface area contributed by atoms with Gasteiger partial charge in [-0.1, -0.05) is 37.4 Å². The van der Waals surface area contributed by atoms with Crippen molar-refractivity contribution in [3.8, 4) is 0 Å². The Bertz CT molecular complexity index is 463. The normalized spacial score (nSPS) is 10.0. The maximum absolute atomic E-state index is 11.6. The Morgan fingerprint density at radius 3 is 2.68 bits per heavy atom. The van der Waals surface area contributed by atoms with Crippen LogP contribution in [0.2, 0.25) is 5.02 Å². The molecule has 2 amide bonds. The first-order valence-electron chi connectivity index (χ1n) is 6.13. The number of rotatable bonds is 6. The molecule has 6 heteroatoms. The molecule has 0 saturated carbocycles. The van der Waals surface area contributed by atoms with Crippen LogP contribution in [0.4, 0.5) is 10.5 Å². The number of aromatic carboxylic acids is 1. The van der Waals surface area contributed by atoms with Gasteiger partial charge in [-0.05, 0) is 18.6 Å². The second-order valence-electron chi connectivity index (χ2n) is 4.06. The first-order chi connectivity index (χ1) is 9.06. The van der Waals surface area contributed by atoms with Crippen LogP contribution >= 0.6 is 11.6 Å². The molecule has 104 valence electrons. The highest BCUT2D eigenvalue weighted by Crippen LogP contribution is 2.24. The number of benzene rings is 1. The maximum atomic E-state index is 11.6. The third kappa shape index (κ3) is 4.79. The summed E-state index contributed by atoms with van der Waals surface area (Å²) in [5, 5.41) is 14.3. The molecule has 0 spiro atoms. The zero-order valence-electron chi connectivity index (χ0n) is 10.7. The number of carbonyl (C=O) groups is 2. The third-order valence-electron chi connectivity index (χ3n) is 2.54. The van der Waals surface area contributed by atoms with Crippen molar-refractivity contribution in [1.82, 2.24) is 5.32 Å². The number of carboxylic acids is 1. The predicted molar refractivity (Wildman–Crippen MR) is 75.0 cm³/mol. The van der Waals surface area contributed by atoms with Gasteiger partial charge in [0.25, 0.3) is 0 Å². The summed E-state index contributed by atoms with van der Waals surface area (Å²) in [4.78, 5) is 22.7. The van der Waals surface area contributed by atoms with Crippen molar-refractivity contribution >= 4 is 29.3 Å². The van der Waals surface area contributed by atoms with Gasteiger partial charge in [0.05, 0.1) is 10.7 Å². The van der Waals surface area contributed by atoms with Crippen LogP contribution in [0.15, 0.2) is 18.2 Å². The molecule has 0 aliphatic heterocycles. The highest BCUT2D eigenvalue weighted by atomic mass is 35.5. The number of hydrogen-bond acceptors (Lipinski definition) is 2. The van der Waals surface area contributed by atoms with Crippen LogP contribution in [0.25, 0.3) is 0 Å². The van der Waals surface area contributed by atoms with Crippen LogP contribution < -0.4 is 10.6 Å². The summed E-state index contributed by atoms with van der Waals surface area (Å²) in [5.74, 6) is -1.17. The lowest BCUT2D eigenvalue weighted by Crippen LogP contribution is -2.30. The van der Waals surface area contributed by atoms with Gasteiger partial charge in [-0.2, -0.15) is 0 Å². The van der Waals surface area contributed by atoms with E-state index in [1.165, 1.54) is 12.1 Å². The Morgan fingerprint density at radius 1 is 1.32 bits per heavy atom. The van der Waals surface area contributed by atoms with Crippen molar-refractivity contribution in [3.63, 3.8) is 0 Å². The minimum Gasteiger partial charge on any atom is -0.478 e. The Morgan fingerprint density at radius 2 is 2.05 bits per heavy atom. The van der Waals surface area contributed by atoms with Gasteiger partial charge < -0.3 is 15.7 Å². The number of carbonyl (C=O) groups excluding carboxylic acids is 1. The van der Waals surface area contributed by atoms with E-state index >= 15 is 0 Å². The molecule has 5 nitrogen and oxygen atoms in total. The molecule has 0 radical (unpaired) electrons. The minimum atomic E-state index is -1.17. The third-order valence-corrected chi connectivity index (χ3v) is 2.86. The molecule has 0 aliphatic carbocycles. The average Bonchev–Trinajstić information content (AvgIpc) is 2.34. The molecular weight excluding hydrogens is 268 g/mol. The maximum Gasteiger partial charge on any atom is 0.339 e. The van der Waals surface area contributed by atoms with E-state index in [9.17, 15) is 9.59 Å². The topological polar surface area (TPSA) is 78.4 Å². The van der Waals surface area contributed by atoms with E-state index in [0.29, 0.717) is 6.54 Å². The van der Waals surface area contributed by atoms with Gasteiger partial charge in [-0.15, -0.1) is 0 Å². The summed E-state index contributed by atoms with van der Waals surface area (Å²) in [6.07, 6.45) is 3.00. The number of unbranched alkanes of at least 4 members (excludes halogenated alkanes) is 2. The molecule has 19 heavy (non-hydrogen) atoms. The van der Waals surface area contributed by atoms with Crippen molar-refractivity contribution < 1.29 is 14.7 Å². The molecule has 0 saturated heterocycles. The second kappa shape index (κ2) is 7.63. The fourth-order valence-corrected chi connectivity index (χ4v) is 1.84. The number of carboxylic acid groups (broad SMARTS) is 1. The Labute approximate surface area is 117 Å². The fraction of sp³-hybridized carbons (Fsp3) is 0.385. The molecule has 3 N–H and O–H groups in total. The van der Waals surface area contributed by atoms with Gasteiger partial charge in [0.15, 0.2) is 0 Å². The molecule has 0 aromatic heterocycles. The Hall–Kier alpha value is -1.75. The van der Waals surface area contributed by atoms with Gasteiger partial charge in [0.2, 0.25) is 0 Å². The summed E-state index contributed by atoms with van der Waals surface area (Å²) in [7, 11) is 0. The number of urea groups is 1. The molecule has 1 rings (SSSR count). The van der Waals surface area contributed by atoms with Crippen LogP contribution in [-0.2, 0) is 0 Å². The number of amides is 2. The number of hydrogen-bond donors (Lipinski definition) is 3. The quantitative estimate of drug-likeness (QED) is 0.701. The number of anilines is 1. The Balaban J connectivity index is 2.64. The molecule has 1 aromatic rings. The van der Waals surface area contributed by atoms with Gasteiger partial charge in [0, 0.05) is 6.54 Å². The van der Waals surface area contributed by atoms with Gasteiger partial charge in [-0.25, -0.2) is 9.59 Å². The lowest BCUT2D eigenvalue weighted by atomic mass is 10.2. The first kappa shape index (κ1) is 15.3. The molecule has 0 aliphatic rings. The predicted octanol–water partition coefficient (Wildman–Crippen LogP) is 3.35. The van der Waals surface area contributed by atoms with Crippen molar-refractivity contribution in [1.29, 1.82) is 0 Å². The van der Waals surface area contributed by atoms with E-state index in [-0.39, 0.29) is 16.3 Å². The van der Waals surface area contributed by atoms with Crippen LogP contribution in [0.5, 0.6) is 0 Å². The van der Waals surface area contributed by atoms with E-state index in [2.05, 4.69) is 17.6 Å². The average molecular weight is 285 g/mol. The lowest BCUT2D eigenvalue weighted by molar-refractivity contribution is 0.0698. The molecule has 0 unspecified atom stereocenters. The largest absolute Gasteiger partial charge is 0.478 e. The van der Waals surface area contributed by atoms with Gasteiger partial charge in [0.1, 0.15) is 5.56 Å². The second-order valence-corrected chi connectivity index (χ2v) is 4.46. The summed E-state index contributed by atoms with van der Waals surface area (Å²) in [6, 6.07) is 4.12. The zero-order chi connectivity index (χ0) is 14.3. The van der Waals surface area contributed by atoms with Gasteiger partial charge >= 0.3 is 12.0 Å². The highest BCUT2D eigenvalue weighted by Gasteiger charge is 2.15. The molecule has 0 bridgehead atoms. The van der Waals surface area contributed by atoms with Crippen LogP contribution in [-0.4, -0.2) is 23.7 Å². The van der Waals surface area contributed by atoms with Crippen LogP contribution in [0.1, 0.15) is 36.5 Å². The molecule has 1 aromatic carbocycles. The smallest absolute Gasteiger partial charge is 0.339 e. The van der Waals surface area contributed by atoms with E-state index in [4.69, 9.17) is 16.7 Å². The lowest BCUT2D eigenvalue weighted by Gasteiger charge is -2.10. The van der Waals surface area contributed by atoms with Gasteiger partial charge in [-0.3, -0.25) is 0 Å². The van der Waals surface area contributed by atoms with Crippen molar-refractivity contribution in [3.05, 3.63) is 28.8 Å². The molecule has 0 fully saturated rings. The van der Waals surface area contributed by atoms with E-state index < -0.39 is 12.0 Å². The SMILES string of the molecule is CCCCCNC(=O)Nc1cccc(Cl)c1C(=O)O. The molecule has 0 heterocycles. The molecular formula is C13H17ClN2O3. The van der Waals surface area contributed by atoms with Crippen molar-refractivity contribution in [2.24, 2.45) is 0 Å². The van der Waals surface area contributed by atoms with Crippen LogP contribution in [0, 0.1) is 0 Å². The monoisotopic (exact) mass is 284 g/mol. The number of nitrogens with one attached hydrogen (secondary N) is 2. The van der Waals surface area contributed by atoms with E-state index in [1.54, 1.807) is 6.07 Å². The van der Waals surface area contributed by atoms with E-state index in [1.807, 2.05) is 0 Å². The molecule has 0 atom stereocenters. The highest BCUT2D eigenvalue weighted by molar-refractivity contribution is 6.34. The summed E-state index contributed by atoms with van der Waals surface area (Å²) < 4.78 is 0. The Kier molecular flexibility index (Phi) is 6.15. The summed E-state index contributed by atoms with van der Waals surface area (Å²) in [5.41, 5.74) is 0.0841. The number of halogens is 1. The summed E-state index contributed by atoms with van der Waals surface area (Å²) in [6.45, 7) is 2.63. The first-order valence-corrected chi connectivity index (χ1v) is 6.50. The summed E-state index contributed by atoms with van der Waals surface area (Å²) >= 11 is 5.80. The fourth-order valence-electron chi connectivity index (χ4n) is 1.59. The van der Waals surface area contributed by atoms with E-state index in [0.717, 1.165) is 19.3 Å². The standard InChI is InChI=1S/C13H17ClN2O3/c1-2-3-4-8-15-13(19)16-10-7-5-6-9(14)11(10)12(17)18/h5-7H,2-4,8H2,1H3,(H,17,18)(H2,15,16,19). The zero-order valence-corrected chi connectivity index (χ0v) is 11.5. The van der Waals surface area contributed by atoms with Crippen molar-refractivity contribution in [2.75, 3.05) is 11.9 Å². The van der Waals surface area contributed by atoms with Crippen molar-refractivity contribution in [2.45, 2.75) is 26.2 Å². The van der Waals surface area contributed by atoms with Crippen LogP contribution in [0.3, 0.4) is 0 Å². The minimum absolute atomic E-state index is 0.0938.